The molecule has 2 N–H and O–H groups in total. The van der Waals surface area contributed by atoms with Crippen molar-refractivity contribution in [3.63, 3.8) is 0 Å². The summed E-state index contributed by atoms with van der Waals surface area (Å²) in [7, 11) is 1.25. The topological polar surface area (TPSA) is 141 Å². The first-order valence-electron chi connectivity index (χ1n) is 9.29. The van der Waals surface area contributed by atoms with Crippen molar-refractivity contribution >= 4 is 51.2 Å². The first-order chi connectivity index (χ1) is 15.8. The number of nitrogens with zero attached hydrogens (tertiary/aromatic N) is 1. The van der Waals surface area contributed by atoms with E-state index in [-0.39, 0.29) is 17.1 Å². The molecule has 0 aliphatic carbocycles. The minimum atomic E-state index is -0.703. The van der Waals surface area contributed by atoms with Gasteiger partial charge in [0.2, 0.25) is 0 Å². The molecule has 3 rings (SSSR count). The summed E-state index contributed by atoms with van der Waals surface area (Å²) in [5.74, 6) is -1.99. The Labute approximate surface area is 195 Å². The van der Waals surface area contributed by atoms with Crippen LogP contribution in [0, 0.1) is 10.1 Å². The summed E-state index contributed by atoms with van der Waals surface area (Å²) in [5, 5.41) is 16.1. The summed E-state index contributed by atoms with van der Waals surface area (Å²) in [4.78, 5) is 47.5. The smallest absolute Gasteiger partial charge is 0.337 e. The first kappa shape index (κ1) is 23.4. The standard InChI is InChI=1S/C22H16BrN3O7/c1-32-22(29)14-5-7-15(8-6-14)24-20(27)17(25-21(28)18-9-10-19(23)33-18)12-13-3-2-4-16(11-13)26(30)31/h2-12H,1H3,(H,24,27)(H,25,28). The molecule has 1 aromatic heterocycles. The van der Waals surface area contributed by atoms with Crippen molar-refractivity contribution in [2.24, 2.45) is 0 Å². The number of esters is 1. The van der Waals surface area contributed by atoms with Crippen LogP contribution in [0.1, 0.15) is 26.5 Å². The summed E-state index contributed by atoms with van der Waals surface area (Å²) in [6.07, 6.45) is 1.29. The van der Waals surface area contributed by atoms with Crippen LogP contribution in [0.25, 0.3) is 6.08 Å². The molecule has 0 atom stereocenters. The third-order valence-electron chi connectivity index (χ3n) is 4.25. The van der Waals surface area contributed by atoms with E-state index < -0.39 is 22.7 Å². The maximum atomic E-state index is 12.9. The van der Waals surface area contributed by atoms with Crippen molar-refractivity contribution in [2.75, 3.05) is 12.4 Å². The summed E-state index contributed by atoms with van der Waals surface area (Å²) in [6.45, 7) is 0. The van der Waals surface area contributed by atoms with E-state index in [1.54, 1.807) is 6.07 Å². The molecule has 168 valence electrons. The lowest BCUT2D eigenvalue weighted by Gasteiger charge is -2.11. The number of carbonyl (C=O) groups is 3. The highest BCUT2D eigenvalue weighted by Gasteiger charge is 2.18. The SMILES string of the molecule is COC(=O)c1ccc(NC(=O)C(=Cc2cccc([N+](=O)[O-])c2)NC(=O)c2ccc(Br)o2)cc1. The van der Waals surface area contributed by atoms with Crippen LogP contribution in [0.3, 0.4) is 0 Å². The van der Waals surface area contributed by atoms with Gasteiger partial charge in [0.05, 0.1) is 17.6 Å². The number of hydrogen-bond acceptors (Lipinski definition) is 7. The predicted octanol–water partition coefficient (Wildman–Crippen LogP) is 4.15. The summed E-state index contributed by atoms with van der Waals surface area (Å²) in [6, 6.07) is 14.4. The van der Waals surface area contributed by atoms with E-state index in [2.05, 4.69) is 31.3 Å². The molecule has 0 unspecified atom stereocenters. The normalized spacial score (nSPS) is 10.9. The zero-order chi connectivity index (χ0) is 24.0. The molecule has 0 bridgehead atoms. The van der Waals surface area contributed by atoms with Gasteiger partial charge in [0.15, 0.2) is 10.4 Å². The van der Waals surface area contributed by atoms with Gasteiger partial charge in [0.25, 0.3) is 17.5 Å². The molecule has 2 amide bonds. The Kier molecular flexibility index (Phi) is 7.36. The molecule has 0 spiro atoms. The second-order valence-electron chi connectivity index (χ2n) is 6.49. The molecule has 33 heavy (non-hydrogen) atoms. The van der Waals surface area contributed by atoms with Crippen LogP contribution in [0.5, 0.6) is 0 Å². The highest BCUT2D eigenvalue weighted by atomic mass is 79.9. The minimum absolute atomic E-state index is 0.0537. The molecule has 3 aromatic rings. The summed E-state index contributed by atoms with van der Waals surface area (Å²) in [5.41, 5.74) is 0.580. The highest BCUT2D eigenvalue weighted by molar-refractivity contribution is 9.10. The third-order valence-corrected chi connectivity index (χ3v) is 4.67. The highest BCUT2D eigenvalue weighted by Crippen LogP contribution is 2.18. The van der Waals surface area contributed by atoms with Gasteiger partial charge in [-0.25, -0.2) is 4.79 Å². The van der Waals surface area contributed by atoms with Crippen molar-refractivity contribution in [1.29, 1.82) is 0 Å². The average Bonchev–Trinajstić information content (AvgIpc) is 3.25. The van der Waals surface area contributed by atoms with E-state index in [1.165, 1.54) is 67.8 Å². The molecule has 0 aliphatic heterocycles. The fourth-order valence-corrected chi connectivity index (χ4v) is 2.99. The number of methoxy groups -OCH3 is 1. The van der Waals surface area contributed by atoms with Crippen LogP contribution < -0.4 is 10.6 Å². The van der Waals surface area contributed by atoms with Gasteiger partial charge in [-0.15, -0.1) is 0 Å². The van der Waals surface area contributed by atoms with Gasteiger partial charge in [-0.2, -0.15) is 0 Å². The van der Waals surface area contributed by atoms with E-state index in [0.717, 1.165) is 0 Å². The lowest BCUT2D eigenvalue weighted by molar-refractivity contribution is -0.384. The zero-order valence-electron chi connectivity index (χ0n) is 17.0. The number of nitro benzene ring substituents is 1. The van der Waals surface area contributed by atoms with Gasteiger partial charge in [-0.3, -0.25) is 19.7 Å². The van der Waals surface area contributed by atoms with E-state index in [4.69, 9.17) is 4.42 Å². The van der Waals surface area contributed by atoms with Gasteiger partial charge in [0, 0.05) is 17.8 Å². The second-order valence-corrected chi connectivity index (χ2v) is 7.27. The van der Waals surface area contributed by atoms with Crippen molar-refractivity contribution in [3.8, 4) is 0 Å². The number of nitro groups is 1. The fourth-order valence-electron chi connectivity index (χ4n) is 2.68. The lowest BCUT2D eigenvalue weighted by atomic mass is 10.1. The Balaban J connectivity index is 1.89. The van der Waals surface area contributed by atoms with Crippen LogP contribution >= 0.6 is 15.9 Å². The van der Waals surface area contributed by atoms with Gasteiger partial charge < -0.3 is 19.8 Å². The van der Waals surface area contributed by atoms with Crippen LogP contribution in [-0.2, 0) is 9.53 Å². The van der Waals surface area contributed by atoms with Crippen molar-refractivity contribution in [2.45, 2.75) is 0 Å². The van der Waals surface area contributed by atoms with Crippen LogP contribution in [-0.4, -0.2) is 29.8 Å². The number of carbonyl (C=O) groups excluding carboxylic acids is 3. The maximum absolute atomic E-state index is 12.9. The predicted molar refractivity (Wildman–Crippen MR) is 121 cm³/mol. The van der Waals surface area contributed by atoms with E-state index in [1.807, 2.05) is 0 Å². The number of rotatable bonds is 7. The number of hydrogen-bond donors (Lipinski definition) is 2. The quantitative estimate of drug-likeness (QED) is 0.209. The Bertz CT molecular complexity index is 1250. The Morgan fingerprint density at radius 3 is 2.42 bits per heavy atom. The van der Waals surface area contributed by atoms with Crippen molar-refractivity contribution < 1.29 is 28.5 Å². The molecule has 10 nitrogen and oxygen atoms in total. The molecule has 0 aliphatic rings. The molecule has 0 radical (unpaired) electrons. The molecule has 1 heterocycles. The van der Waals surface area contributed by atoms with Crippen LogP contribution in [0.4, 0.5) is 11.4 Å². The first-order valence-corrected chi connectivity index (χ1v) is 10.1. The number of benzene rings is 2. The molecule has 0 saturated heterocycles. The van der Waals surface area contributed by atoms with Gasteiger partial charge in [0.1, 0.15) is 5.70 Å². The Morgan fingerprint density at radius 2 is 1.82 bits per heavy atom. The largest absolute Gasteiger partial charge is 0.465 e. The summed E-state index contributed by atoms with van der Waals surface area (Å²) >= 11 is 3.10. The minimum Gasteiger partial charge on any atom is -0.465 e. The zero-order valence-corrected chi connectivity index (χ0v) is 18.6. The average molecular weight is 514 g/mol. The molecule has 2 aromatic carbocycles. The molecule has 0 saturated carbocycles. The van der Waals surface area contributed by atoms with Crippen LogP contribution in [0.15, 0.2) is 75.4 Å². The van der Waals surface area contributed by atoms with Crippen molar-refractivity contribution in [1.82, 2.24) is 5.32 Å². The van der Waals surface area contributed by atoms with Crippen LogP contribution in [0.2, 0.25) is 0 Å². The molecule has 0 fully saturated rings. The third kappa shape index (κ3) is 6.14. The van der Waals surface area contributed by atoms with Crippen molar-refractivity contribution in [3.05, 3.63) is 98.0 Å². The fraction of sp³-hybridized carbons (Fsp3) is 0.0455. The molecular weight excluding hydrogens is 498 g/mol. The number of non-ortho nitro benzene ring substituents is 1. The van der Waals surface area contributed by atoms with Gasteiger partial charge >= 0.3 is 5.97 Å². The number of furan rings is 1. The number of ether oxygens (including phenoxy) is 1. The number of anilines is 1. The summed E-state index contributed by atoms with van der Waals surface area (Å²) < 4.78 is 10.2. The second kappa shape index (κ2) is 10.4. The molecular formula is C22H16BrN3O7. The number of nitrogens with one attached hydrogen (secondary N) is 2. The number of halogens is 1. The van der Waals surface area contributed by atoms with Gasteiger partial charge in [-0.1, -0.05) is 12.1 Å². The Morgan fingerprint density at radius 1 is 1.09 bits per heavy atom. The van der Waals surface area contributed by atoms with E-state index in [9.17, 15) is 24.5 Å². The lowest BCUT2D eigenvalue weighted by Crippen LogP contribution is -2.30. The monoisotopic (exact) mass is 513 g/mol. The molecule has 11 heteroatoms. The van der Waals surface area contributed by atoms with Gasteiger partial charge in [-0.05, 0) is 64.0 Å². The number of amides is 2. The maximum Gasteiger partial charge on any atom is 0.337 e. The Hall–Kier alpha value is -4.25. The van der Waals surface area contributed by atoms with E-state index in [0.29, 0.717) is 21.5 Å². The van der Waals surface area contributed by atoms with E-state index >= 15 is 0 Å².